The Kier molecular flexibility index (Phi) is 7.52. The summed E-state index contributed by atoms with van der Waals surface area (Å²) in [5.74, 6) is 0. The van der Waals surface area contributed by atoms with Crippen LogP contribution in [0.2, 0.25) is 0 Å². The molecule has 2 nitrogen and oxygen atoms in total. The van der Waals surface area contributed by atoms with Gasteiger partial charge in [0.1, 0.15) is 0 Å². The second kappa shape index (κ2) is 8.77. The Hall–Kier alpha value is -0.340. The highest BCUT2D eigenvalue weighted by Gasteiger charge is 2.11. The van der Waals surface area contributed by atoms with Crippen molar-refractivity contribution >= 4 is 0 Å². The molecule has 1 rings (SSSR count). The van der Waals surface area contributed by atoms with Crippen LogP contribution in [0.25, 0.3) is 0 Å². The smallest absolute Gasteiger partial charge is 0.0502 e. The van der Waals surface area contributed by atoms with Gasteiger partial charge in [0.25, 0.3) is 0 Å². The van der Waals surface area contributed by atoms with Crippen LogP contribution in [0.1, 0.15) is 51.9 Å². The summed E-state index contributed by atoms with van der Waals surface area (Å²) >= 11 is 0. The summed E-state index contributed by atoms with van der Waals surface area (Å²) in [6, 6.07) is 0.782. The molecule has 1 N–H and O–H groups in total. The summed E-state index contributed by atoms with van der Waals surface area (Å²) in [6.45, 7) is 8.73. The lowest BCUT2D eigenvalue weighted by Gasteiger charge is -2.22. The maximum atomic E-state index is 5.53. The lowest BCUT2D eigenvalue weighted by Crippen LogP contribution is -2.32. The van der Waals surface area contributed by atoms with Gasteiger partial charge in [0, 0.05) is 12.6 Å². The molecule has 0 unspecified atom stereocenters. The van der Waals surface area contributed by atoms with E-state index >= 15 is 0 Å². The number of rotatable bonds is 8. The molecule has 0 radical (unpaired) electrons. The molecule has 1 aliphatic rings. The first-order valence-corrected chi connectivity index (χ1v) is 6.74. The van der Waals surface area contributed by atoms with Crippen LogP contribution in [0.5, 0.6) is 0 Å². The maximum Gasteiger partial charge on any atom is 0.0502 e. The van der Waals surface area contributed by atoms with E-state index < -0.39 is 0 Å². The van der Waals surface area contributed by atoms with Gasteiger partial charge in [0.2, 0.25) is 0 Å². The summed E-state index contributed by atoms with van der Waals surface area (Å²) in [7, 11) is 0. The minimum atomic E-state index is 0.782. The molecule has 2 heteroatoms. The molecular formula is C14H27NO. The number of nitrogens with one attached hydrogen (secondary N) is 1. The number of hydrogen-bond donors (Lipinski definition) is 1. The number of ether oxygens (including phenoxy) is 1. The van der Waals surface area contributed by atoms with E-state index in [-0.39, 0.29) is 0 Å². The van der Waals surface area contributed by atoms with Crippen LogP contribution in [-0.4, -0.2) is 25.8 Å². The summed E-state index contributed by atoms with van der Waals surface area (Å²) < 4.78 is 5.53. The van der Waals surface area contributed by atoms with Crippen molar-refractivity contribution in [2.24, 2.45) is 0 Å². The van der Waals surface area contributed by atoms with Crippen molar-refractivity contribution in [1.29, 1.82) is 0 Å². The van der Waals surface area contributed by atoms with E-state index in [9.17, 15) is 0 Å². The zero-order valence-electron chi connectivity index (χ0n) is 10.8. The zero-order chi connectivity index (χ0) is 11.6. The van der Waals surface area contributed by atoms with Gasteiger partial charge in [0.15, 0.2) is 0 Å². The van der Waals surface area contributed by atoms with E-state index in [1.165, 1.54) is 37.7 Å². The Bertz CT molecular complexity index is 185. The third-order valence-corrected chi connectivity index (χ3v) is 3.18. The molecule has 0 aromatic rings. The van der Waals surface area contributed by atoms with Crippen molar-refractivity contribution in [3.05, 3.63) is 12.2 Å². The Morgan fingerprint density at radius 1 is 1.25 bits per heavy atom. The molecule has 0 bridgehead atoms. The normalized spacial score (nSPS) is 17.6. The van der Waals surface area contributed by atoms with Gasteiger partial charge in [-0.25, -0.2) is 0 Å². The molecule has 1 aliphatic carbocycles. The standard InChI is InChI=1S/C14H27NO/c1-13(2)9-12-16-11-6-10-15-14-7-4-3-5-8-14/h14-15H,1,3-12H2,2H3. The molecule has 16 heavy (non-hydrogen) atoms. The fourth-order valence-corrected chi connectivity index (χ4v) is 2.14. The Balaban J connectivity index is 1.82. The van der Waals surface area contributed by atoms with Crippen LogP contribution >= 0.6 is 0 Å². The van der Waals surface area contributed by atoms with Gasteiger partial charge >= 0.3 is 0 Å². The highest BCUT2D eigenvalue weighted by atomic mass is 16.5. The third kappa shape index (κ3) is 7.02. The van der Waals surface area contributed by atoms with Crippen LogP contribution in [0.4, 0.5) is 0 Å². The lowest BCUT2D eigenvalue weighted by molar-refractivity contribution is 0.133. The fraction of sp³-hybridized carbons (Fsp3) is 0.857. The van der Waals surface area contributed by atoms with Gasteiger partial charge in [-0.1, -0.05) is 24.8 Å². The zero-order valence-corrected chi connectivity index (χ0v) is 10.8. The van der Waals surface area contributed by atoms with E-state index in [2.05, 4.69) is 11.9 Å². The average molecular weight is 225 g/mol. The summed E-state index contributed by atoms with van der Waals surface area (Å²) in [5.41, 5.74) is 1.21. The van der Waals surface area contributed by atoms with E-state index in [1.54, 1.807) is 0 Å². The minimum absolute atomic E-state index is 0.782. The summed E-state index contributed by atoms with van der Waals surface area (Å²) in [5, 5.41) is 3.62. The van der Waals surface area contributed by atoms with E-state index in [1.807, 2.05) is 6.92 Å². The van der Waals surface area contributed by atoms with Gasteiger partial charge in [-0.2, -0.15) is 0 Å². The monoisotopic (exact) mass is 225 g/mol. The van der Waals surface area contributed by atoms with Crippen LogP contribution in [0, 0.1) is 0 Å². The highest BCUT2D eigenvalue weighted by molar-refractivity contribution is 4.87. The third-order valence-electron chi connectivity index (χ3n) is 3.18. The molecule has 0 heterocycles. The highest BCUT2D eigenvalue weighted by Crippen LogP contribution is 2.17. The van der Waals surface area contributed by atoms with Gasteiger partial charge in [-0.3, -0.25) is 0 Å². The van der Waals surface area contributed by atoms with Crippen LogP contribution in [0.15, 0.2) is 12.2 Å². The van der Waals surface area contributed by atoms with Gasteiger partial charge in [-0.15, -0.1) is 6.58 Å². The van der Waals surface area contributed by atoms with Crippen molar-refractivity contribution in [3.63, 3.8) is 0 Å². The largest absolute Gasteiger partial charge is 0.381 e. The van der Waals surface area contributed by atoms with Crippen LogP contribution in [0.3, 0.4) is 0 Å². The van der Waals surface area contributed by atoms with E-state index in [0.29, 0.717) is 0 Å². The molecule has 0 saturated heterocycles. The van der Waals surface area contributed by atoms with E-state index in [0.717, 1.165) is 38.6 Å². The molecule has 0 atom stereocenters. The van der Waals surface area contributed by atoms with Crippen molar-refractivity contribution < 1.29 is 4.74 Å². The molecule has 0 amide bonds. The van der Waals surface area contributed by atoms with Gasteiger partial charge in [-0.05, 0) is 39.2 Å². The fourth-order valence-electron chi connectivity index (χ4n) is 2.14. The SMILES string of the molecule is C=C(C)CCOCCCNC1CCCCC1. The second-order valence-electron chi connectivity index (χ2n) is 4.96. The second-order valence-corrected chi connectivity index (χ2v) is 4.96. The quantitative estimate of drug-likeness (QED) is 0.505. The Morgan fingerprint density at radius 3 is 2.69 bits per heavy atom. The van der Waals surface area contributed by atoms with Gasteiger partial charge < -0.3 is 10.1 Å². The Labute approximate surface area is 100 Å². The lowest BCUT2D eigenvalue weighted by atomic mass is 9.95. The molecular weight excluding hydrogens is 198 g/mol. The van der Waals surface area contributed by atoms with E-state index in [4.69, 9.17) is 4.74 Å². The molecule has 0 aromatic carbocycles. The predicted molar refractivity (Wildman–Crippen MR) is 69.7 cm³/mol. The van der Waals surface area contributed by atoms with Crippen LogP contribution < -0.4 is 5.32 Å². The first-order valence-electron chi connectivity index (χ1n) is 6.74. The van der Waals surface area contributed by atoms with Crippen molar-refractivity contribution in [2.75, 3.05) is 19.8 Å². The summed E-state index contributed by atoms with van der Waals surface area (Å²) in [4.78, 5) is 0. The van der Waals surface area contributed by atoms with Crippen LogP contribution in [-0.2, 0) is 4.74 Å². The minimum Gasteiger partial charge on any atom is -0.381 e. The summed E-state index contributed by atoms with van der Waals surface area (Å²) in [6.07, 6.45) is 9.12. The molecule has 1 fully saturated rings. The first-order chi connectivity index (χ1) is 7.79. The number of hydrogen-bond acceptors (Lipinski definition) is 2. The predicted octanol–water partition coefficient (Wildman–Crippen LogP) is 3.28. The molecule has 0 aromatic heterocycles. The average Bonchev–Trinajstić information content (AvgIpc) is 2.29. The van der Waals surface area contributed by atoms with Crippen molar-refractivity contribution in [2.45, 2.75) is 57.9 Å². The van der Waals surface area contributed by atoms with Gasteiger partial charge in [0.05, 0.1) is 6.61 Å². The first kappa shape index (κ1) is 13.7. The molecule has 1 saturated carbocycles. The molecule has 94 valence electrons. The molecule has 0 aliphatic heterocycles. The van der Waals surface area contributed by atoms with Crippen molar-refractivity contribution in [3.8, 4) is 0 Å². The maximum absolute atomic E-state index is 5.53. The van der Waals surface area contributed by atoms with Crippen molar-refractivity contribution in [1.82, 2.24) is 5.32 Å². The topological polar surface area (TPSA) is 21.3 Å². The Morgan fingerprint density at radius 2 is 2.00 bits per heavy atom. The molecule has 0 spiro atoms.